The van der Waals surface area contributed by atoms with Crippen LogP contribution in [-0.2, 0) is 0 Å². The molecule has 3 rings (SSSR count). The van der Waals surface area contributed by atoms with E-state index in [9.17, 15) is 0 Å². The van der Waals surface area contributed by atoms with Crippen molar-refractivity contribution in [3.05, 3.63) is 95.6 Å². The van der Waals surface area contributed by atoms with Crippen LogP contribution in [0.25, 0.3) is 5.57 Å². The lowest BCUT2D eigenvalue weighted by molar-refractivity contribution is 0.841. The van der Waals surface area contributed by atoms with Crippen LogP contribution in [0.4, 0.5) is 5.69 Å². The third-order valence-corrected chi connectivity index (χ3v) is 4.42. The van der Waals surface area contributed by atoms with Crippen LogP contribution in [0.2, 0.25) is 0 Å². The Morgan fingerprint density at radius 2 is 1.78 bits per heavy atom. The van der Waals surface area contributed by atoms with Gasteiger partial charge in [0.1, 0.15) is 0 Å². The maximum absolute atomic E-state index is 5.74. The lowest BCUT2D eigenvalue weighted by Gasteiger charge is -2.17. The van der Waals surface area contributed by atoms with E-state index in [1.165, 1.54) is 16.7 Å². The van der Waals surface area contributed by atoms with Gasteiger partial charge in [-0.25, -0.2) is 0 Å². The van der Waals surface area contributed by atoms with Crippen molar-refractivity contribution in [2.24, 2.45) is 0 Å². The number of benzene rings is 2. The van der Waals surface area contributed by atoms with Gasteiger partial charge in [0.25, 0.3) is 0 Å². The second-order valence-electron chi connectivity index (χ2n) is 6.29. The van der Waals surface area contributed by atoms with E-state index in [1.54, 1.807) is 0 Å². The van der Waals surface area contributed by atoms with E-state index in [0.717, 1.165) is 29.7 Å². The largest absolute Gasteiger partial charge is 0.399 e. The molecule has 1 unspecified atom stereocenters. The zero-order chi connectivity index (χ0) is 16.2. The number of hydrogen-bond donors (Lipinski definition) is 1. The molecule has 0 amide bonds. The van der Waals surface area contributed by atoms with Gasteiger partial charge in [0, 0.05) is 11.6 Å². The first-order chi connectivity index (χ1) is 11.1. The lowest BCUT2D eigenvalue weighted by atomic mass is 9.87. The summed E-state index contributed by atoms with van der Waals surface area (Å²) in [5.41, 5.74) is 12.9. The summed E-state index contributed by atoms with van der Waals surface area (Å²) in [5, 5.41) is 0. The fraction of sp³-hybridized carbons (Fsp3) is 0.182. The minimum atomic E-state index is 0.490. The van der Waals surface area contributed by atoms with Crippen molar-refractivity contribution >= 4 is 11.3 Å². The molecular formula is C22H23N. The summed E-state index contributed by atoms with van der Waals surface area (Å²) in [6.07, 6.45) is 8.85. The van der Waals surface area contributed by atoms with Crippen molar-refractivity contribution in [2.45, 2.75) is 25.7 Å². The highest BCUT2D eigenvalue weighted by Crippen LogP contribution is 2.30. The van der Waals surface area contributed by atoms with E-state index < -0.39 is 0 Å². The zero-order valence-corrected chi connectivity index (χ0v) is 13.6. The highest BCUT2D eigenvalue weighted by atomic mass is 14.5. The van der Waals surface area contributed by atoms with Crippen LogP contribution in [0.5, 0.6) is 0 Å². The molecule has 1 nitrogen and oxygen atoms in total. The van der Waals surface area contributed by atoms with Crippen molar-refractivity contribution in [2.75, 3.05) is 5.73 Å². The second kappa shape index (κ2) is 6.70. The monoisotopic (exact) mass is 301 g/mol. The summed E-state index contributed by atoms with van der Waals surface area (Å²) in [6.45, 7) is 6.35. The molecule has 1 atom stereocenters. The molecule has 0 fully saturated rings. The first-order valence-electron chi connectivity index (χ1n) is 8.09. The Labute approximate surface area is 138 Å². The van der Waals surface area contributed by atoms with Crippen molar-refractivity contribution in [1.29, 1.82) is 0 Å². The average Bonchev–Trinajstić information content (AvgIpc) is 2.57. The van der Waals surface area contributed by atoms with Gasteiger partial charge < -0.3 is 5.73 Å². The standard InChI is InChI=1S/C22H23N/c1-16-3-7-20(8-4-16)21-9-5-18(6-10-21)15-17(2)19-11-13-22(23)14-12-19/h3-9,11-14,21H,2,10,15,23H2,1H3. The van der Waals surface area contributed by atoms with Crippen LogP contribution in [0.15, 0.2) is 78.9 Å². The van der Waals surface area contributed by atoms with Gasteiger partial charge in [0.2, 0.25) is 0 Å². The van der Waals surface area contributed by atoms with Gasteiger partial charge in [-0.2, -0.15) is 0 Å². The van der Waals surface area contributed by atoms with Gasteiger partial charge >= 0.3 is 0 Å². The number of nitrogen functional groups attached to an aromatic ring is 1. The predicted molar refractivity (Wildman–Crippen MR) is 100 cm³/mol. The number of hydrogen-bond acceptors (Lipinski definition) is 1. The van der Waals surface area contributed by atoms with Crippen molar-refractivity contribution in [3.63, 3.8) is 0 Å². The van der Waals surface area contributed by atoms with Crippen LogP contribution in [0.3, 0.4) is 0 Å². The Morgan fingerprint density at radius 1 is 1.09 bits per heavy atom. The van der Waals surface area contributed by atoms with Gasteiger partial charge in [-0.05, 0) is 54.2 Å². The molecule has 0 saturated carbocycles. The van der Waals surface area contributed by atoms with E-state index in [0.29, 0.717) is 5.92 Å². The van der Waals surface area contributed by atoms with Gasteiger partial charge in [-0.15, -0.1) is 0 Å². The number of nitrogens with two attached hydrogens (primary N) is 1. The highest BCUT2D eigenvalue weighted by molar-refractivity contribution is 5.67. The SMILES string of the molecule is C=C(CC1=CCC(c2ccc(C)cc2)C=C1)c1ccc(N)cc1. The molecule has 1 heteroatoms. The molecule has 1 aliphatic rings. The van der Waals surface area contributed by atoms with E-state index in [2.05, 4.69) is 56.0 Å². The maximum Gasteiger partial charge on any atom is 0.0314 e. The fourth-order valence-corrected chi connectivity index (χ4v) is 2.92. The lowest BCUT2D eigenvalue weighted by Crippen LogP contribution is -1.99. The molecule has 0 bridgehead atoms. The Balaban J connectivity index is 1.63. The first kappa shape index (κ1) is 15.4. The second-order valence-corrected chi connectivity index (χ2v) is 6.29. The van der Waals surface area contributed by atoms with Crippen molar-refractivity contribution in [3.8, 4) is 0 Å². The Morgan fingerprint density at radius 3 is 2.39 bits per heavy atom. The summed E-state index contributed by atoms with van der Waals surface area (Å²) >= 11 is 0. The summed E-state index contributed by atoms with van der Waals surface area (Å²) in [7, 11) is 0. The van der Waals surface area contributed by atoms with E-state index in [1.807, 2.05) is 24.3 Å². The summed E-state index contributed by atoms with van der Waals surface area (Å²) in [6, 6.07) is 16.8. The Kier molecular flexibility index (Phi) is 4.47. The molecule has 2 N–H and O–H groups in total. The quantitative estimate of drug-likeness (QED) is 0.725. The van der Waals surface area contributed by atoms with E-state index in [4.69, 9.17) is 5.73 Å². The molecule has 0 radical (unpaired) electrons. The number of allylic oxidation sites excluding steroid dienone is 5. The number of aryl methyl sites for hydroxylation is 1. The topological polar surface area (TPSA) is 26.0 Å². The van der Waals surface area contributed by atoms with Crippen LogP contribution in [-0.4, -0.2) is 0 Å². The van der Waals surface area contributed by atoms with Gasteiger partial charge in [0.05, 0.1) is 0 Å². The van der Waals surface area contributed by atoms with Crippen LogP contribution in [0.1, 0.15) is 35.4 Å². The molecule has 23 heavy (non-hydrogen) atoms. The van der Waals surface area contributed by atoms with Crippen LogP contribution >= 0.6 is 0 Å². The minimum absolute atomic E-state index is 0.490. The molecule has 0 spiro atoms. The molecule has 0 saturated heterocycles. The molecule has 2 aromatic carbocycles. The predicted octanol–water partition coefficient (Wildman–Crippen LogP) is 5.65. The van der Waals surface area contributed by atoms with Gasteiger partial charge in [0.15, 0.2) is 0 Å². The molecule has 0 aliphatic heterocycles. The molecule has 0 aromatic heterocycles. The smallest absolute Gasteiger partial charge is 0.0314 e. The minimum Gasteiger partial charge on any atom is -0.399 e. The zero-order valence-electron chi connectivity index (χ0n) is 13.6. The molecule has 0 heterocycles. The Bertz CT molecular complexity index is 746. The maximum atomic E-state index is 5.74. The van der Waals surface area contributed by atoms with Crippen LogP contribution < -0.4 is 5.73 Å². The van der Waals surface area contributed by atoms with E-state index in [-0.39, 0.29) is 0 Å². The summed E-state index contributed by atoms with van der Waals surface area (Å²) in [5.74, 6) is 0.490. The highest BCUT2D eigenvalue weighted by Gasteiger charge is 2.12. The Hall–Kier alpha value is -2.54. The molecule has 1 aliphatic carbocycles. The van der Waals surface area contributed by atoms with Crippen LogP contribution in [0, 0.1) is 6.92 Å². The van der Waals surface area contributed by atoms with Gasteiger partial charge in [-0.1, -0.05) is 66.8 Å². The first-order valence-corrected chi connectivity index (χ1v) is 8.09. The van der Waals surface area contributed by atoms with E-state index >= 15 is 0 Å². The third-order valence-electron chi connectivity index (χ3n) is 4.42. The van der Waals surface area contributed by atoms with Crippen molar-refractivity contribution < 1.29 is 0 Å². The summed E-state index contributed by atoms with van der Waals surface area (Å²) in [4.78, 5) is 0. The molecule has 116 valence electrons. The molecular weight excluding hydrogens is 278 g/mol. The average molecular weight is 301 g/mol. The summed E-state index contributed by atoms with van der Waals surface area (Å²) < 4.78 is 0. The number of anilines is 1. The molecule has 2 aromatic rings. The van der Waals surface area contributed by atoms with Crippen molar-refractivity contribution in [1.82, 2.24) is 0 Å². The fourth-order valence-electron chi connectivity index (χ4n) is 2.92. The third kappa shape index (κ3) is 3.81. The number of rotatable bonds is 4. The van der Waals surface area contributed by atoms with Gasteiger partial charge in [-0.3, -0.25) is 0 Å². The normalized spacial score (nSPS) is 16.9.